The third kappa shape index (κ3) is 3.85. The van der Waals surface area contributed by atoms with E-state index in [2.05, 4.69) is 19.7 Å². The molecule has 1 aromatic heterocycles. The number of anilines is 1. The largest absolute Gasteiger partial charge is 0.341 e. The van der Waals surface area contributed by atoms with Gasteiger partial charge in [-0.1, -0.05) is 11.8 Å². The summed E-state index contributed by atoms with van der Waals surface area (Å²) in [6.45, 7) is 3.68. The number of nitrogens with zero attached hydrogens (tertiary/aromatic N) is 4. The normalized spacial score (nSPS) is 18.6. The lowest BCUT2D eigenvalue weighted by Crippen LogP contribution is -2.32. The molecule has 5 nitrogen and oxygen atoms in total. The van der Waals surface area contributed by atoms with Gasteiger partial charge in [0.1, 0.15) is 11.6 Å². The fourth-order valence-corrected chi connectivity index (χ4v) is 4.41. The van der Waals surface area contributed by atoms with Crippen LogP contribution in [0.1, 0.15) is 55.4 Å². The first kappa shape index (κ1) is 18.4. The molecule has 2 heterocycles. The summed E-state index contributed by atoms with van der Waals surface area (Å²) in [6, 6.07) is 3.43. The standard InChI is InChI=1S/C19H22F2N4OS/c1-12(17(26)15-8-5-13(20)11-16(15)21)27-19-23-22-18(25(19)14-6-7-14)24-9-3-2-4-10-24/h5,8,11-12,14H,2-4,6-7,9-10H2,1H3. The first-order valence-electron chi connectivity index (χ1n) is 9.40. The number of rotatable bonds is 6. The lowest BCUT2D eigenvalue weighted by Gasteiger charge is -2.28. The summed E-state index contributed by atoms with van der Waals surface area (Å²) in [7, 11) is 0. The first-order valence-corrected chi connectivity index (χ1v) is 10.3. The molecule has 1 aliphatic carbocycles. The van der Waals surface area contributed by atoms with Gasteiger partial charge in [-0.15, -0.1) is 10.2 Å². The van der Waals surface area contributed by atoms with E-state index in [-0.39, 0.29) is 11.3 Å². The highest BCUT2D eigenvalue weighted by atomic mass is 32.2. The summed E-state index contributed by atoms with van der Waals surface area (Å²) in [5, 5.41) is 8.89. The molecule has 1 unspecified atom stereocenters. The molecule has 2 fully saturated rings. The smallest absolute Gasteiger partial charge is 0.228 e. The molecule has 144 valence electrons. The van der Waals surface area contributed by atoms with E-state index < -0.39 is 16.9 Å². The highest BCUT2D eigenvalue weighted by Gasteiger charge is 2.33. The Morgan fingerprint density at radius 1 is 1.19 bits per heavy atom. The molecule has 27 heavy (non-hydrogen) atoms. The Balaban J connectivity index is 1.55. The van der Waals surface area contributed by atoms with Crippen LogP contribution < -0.4 is 4.90 Å². The van der Waals surface area contributed by atoms with E-state index in [0.717, 1.165) is 56.9 Å². The third-order valence-corrected chi connectivity index (χ3v) is 6.10. The molecule has 0 bridgehead atoms. The predicted molar refractivity (Wildman–Crippen MR) is 100 cm³/mol. The number of carbonyl (C=O) groups is 1. The summed E-state index contributed by atoms with van der Waals surface area (Å²) < 4.78 is 29.2. The van der Waals surface area contributed by atoms with Gasteiger partial charge in [-0.05, 0) is 51.2 Å². The Labute approximate surface area is 161 Å². The monoisotopic (exact) mass is 392 g/mol. The number of halogens is 2. The molecular weight excluding hydrogens is 370 g/mol. The second kappa shape index (κ2) is 7.58. The van der Waals surface area contributed by atoms with Gasteiger partial charge in [0.2, 0.25) is 5.95 Å². The average Bonchev–Trinajstić information content (AvgIpc) is 3.42. The van der Waals surface area contributed by atoms with Gasteiger partial charge in [0, 0.05) is 25.2 Å². The minimum absolute atomic E-state index is 0.0925. The number of benzene rings is 1. The van der Waals surface area contributed by atoms with E-state index in [1.54, 1.807) is 6.92 Å². The van der Waals surface area contributed by atoms with Crippen LogP contribution in [0.15, 0.2) is 23.4 Å². The van der Waals surface area contributed by atoms with Crippen LogP contribution >= 0.6 is 11.8 Å². The zero-order valence-electron chi connectivity index (χ0n) is 15.2. The maximum Gasteiger partial charge on any atom is 0.228 e. The summed E-state index contributed by atoms with van der Waals surface area (Å²) >= 11 is 1.29. The van der Waals surface area contributed by atoms with E-state index in [0.29, 0.717) is 11.2 Å². The fraction of sp³-hybridized carbons (Fsp3) is 0.526. The summed E-state index contributed by atoms with van der Waals surface area (Å²) in [6.07, 6.45) is 5.71. The molecular formula is C19H22F2N4OS. The lowest BCUT2D eigenvalue weighted by atomic mass is 10.1. The number of piperidine rings is 1. The van der Waals surface area contributed by atoms with E-state index >= 15 is 0 Å². The van der Waals surface area contributed by atoms with Crippen molar-refractivity contribution in [2.75, 3.05) is 18.0 Å². The molecule has 0 spiro atoms. The Hall–Kier alpha value is -1.96. The van der Waals surface area contributed by atoms with Crippen LogP contribution in [-0.2, 0) is 0 Å². The molecule has 1 saturated heterocycles. The van der Waals surface area contributed by atoms with E-state index in [1.165, 1.54) is 24.2 Å². The quantitative estimate of drug-likeness (QED) is 0.544. The van der Waals surface area contributed by atoms with Crippen LogP contribution in [0.2, 0.25) is 0 Å². The van der Waals surface area contributed by atoms with Crippen molar-refractivity contribution in [2.45, 2.75) is 55.5 Å². The van der Waals surface area contributed by atoms with Crippen molar-refractivity contribution in [3.05, 3.63) is 35.4 Å². The maximum absolute atomic E-state index is 14.0. The molecule has 1 saturated carbocycles. The van der Waals surface area contributed by atoms with Crippen LogP contribution in [0.4, 0.5) is 14.7 Å². The highest BCUT2D eigenvalue weighted by Crippen LogP contribution is 2.42. The van der Waals surface area contributed by atoms with Crippen molar-refractivity contribution in [1.29, 1.82) is 0 Å². The number of hydrogen-bond acceptors (Lipinski definition) is 5. The van der Waals surface area contributed by atoms with Gasteiger partial charge < -0.3 is 4.90 Å². The zero-order valence-corrected chi connectivity index (χ0v) is 16.0. The van der Waals surface area contributed by atoms with Gasteiger partial charge >= 0.3 is 0 Å². The second-order valence-corrected chi connectivity index (χ2v) is 8.49. The Kier molecular flexibility index (Phi) is 5.16. The molecule has 2 aromatic rings. The second-order valence-electron chi connectivity index (χ2n) is 7.18. The minimum atomic E-state index is -0.829. The first-order chi connectivity index (χ1) is 13.0. The molecule has 0 radical (unpaired) electrons. The lowest BCUT2D eigenvalue weighted by molar-refractivity contribution is 0.0990. The Morgan fingerprint density at radius 3 is 2.59 bits per heavy atom. The summed E-state index contributed by atoms with van der Waals surface area (Å²) in [5.74, 6) is -1.01. The fourth-order valence-electron chi connectivity index (χ4n) is 3.43. The van der Waals surface area contributed by atoms with Gasteiger partial charge in [0.25, 0.3) is 0 Å². The van der Waals surface area contributed by atoms with Crippen LogP contribution in [-0.4, -0.2) is 38.9 Å². The number of ketones is 1. The van der Waals surface area contributed by atoms with Crippen molar-refractivity contribution < 1.29 is 13.6 Å². The minimum Gasteiger partial charge on any atom is -0.341 e. The molecule has 0 amide bonds. The summed E-state index contributed by atoms with van der Waals surface area (Å²) in [5.41, 5.74) is -0.0925. The topological polar surface area (TPSA) is 51.0 Å². The number of hydrogen-bond donors (Lipinski definition) is 0. The highest BCUT2D eigenvalue weighted by molar-refractivity contribution is 8.00. The molecule has 1 atom stereocenters. The number of aromatic nitrogens is 3. The van der Waals surface area contributed by atoms with Crippen LogP contribution in [0.5, 0.6) is 0 Å². The van der Waals surface area contributed by atoms with Crippen molar-refractivity contribution in [3.63, 3.8) is 0 Å². The van der Waals surface area contributed by atoms with Gasteiger partial charge in [-0.2, -0.15) is 0 Å². The Morgan fingerprint density at radius 2 is 1.93 bits per heavy atom. The van der Waals surface area contributed by atoms with Gasteiger partial charge in [-0.3, -0.25) is 9.36 Å². The van der Waals surface area contributed by atoms with E-state index in [1.807, 2.05) is 0 Å². The van der Waals surface area contributed by atoms with E-state index in [9.17, 15) is 13.6 Å². The average molecular weight is 392 g/mol. The van der Waals surface area contributed by atoms with Crippen molar-refractivity contribution in [2.24, 2.45) is 0 Å². The van der Waals surface area contributed by atoms with Crippen molar-refractivity contribution in [1.82, 2.24) is 14.8 Å². The third-order valence-electron chi connectivity index (χ3n) is 5.05. The van der Waals surface area contributed by atoms with E-state index in [4.69, 9.17) is 0 Å². The number of carbonyl (C=O) groups excluding carboxylic acids is 1. The molecule has 1 aromatic carbocycles. The van der Waals surface area contributed by atoms with Crippen LogP contribution in [0.3, 0.4) is 0 Å². The Bertz CT molecular complexity index is 846. The SMILES string of the molecule is CC(Sc1nnc(N2CCCCC2)n1C1CC1)C(=O)c1ccc(F)cc1F. The van der Waals surface area contributed by atoms with Crippen molar-refractivity contribution >= 4 is 23.5 Å². The van der Waals surface area contributed by atoms with Crippen LogP contribution in [0.25, 0.3) is 0 Å². The van der Waals surface area contributed by atoms with Gasteiger partial charge in [0.15, 0.2) is 10.9 Å². The predicted octanol–water partition coefficient (Wildman–Crippen LogP) is 4.25. The molecule has 0 N–H and O–H groups in total. The maximum atomic E-state index is 14.0. The molecule has 2 aliphatic rings. The molecule has 1 aliphatic heterocycles. The number of thioether (sulfide) groups is 1. The van der Waals surface area contributed by atoms with Gasteiger partial charge in [0.05, 0.1) is 10.8 Å². The summed E-state index contributed by atoms with van der Waals surface area (Å²) in [4.78, 5) is 14.9. The zero-order chi connectivity index (χ0) is 19.0. The molecule has 4 rings (SSSR count). The van der Waals surface area contributed by atoms with Gasteiger partial charge in [-0.25, -0.2) is 8.78 Å². The molecule has 8 heteroatoms. The van der Waals surface area contributed by atoms with Crippen LogP contribution in [0, 0.1) is 11.6 Å². The van der Waals surface area contributed by atoms with Crippen molar-refractivity contribution in [3.8, 4) is 0 Å². The number of Topliss-reactive ketones (excluding diaryl/α,β-unsaturated/α-hetero) is 1.